The van der Waals surface area contributed by atoms with E-state index in [1.165, 1.54) is 12.0 Å². The van der Waals surface area contributed by atoms with Gasteiger partial charge in [-0.05, 0) is 29.3 Å². The molecule has 2 aliphatic rings. The second-order valence-corrected chi connectivity index (χ2v) is 7.28. The third-order valence-corrected chi connectivity index (χ3v) is 5.85. The minimum absolute atomic E-state index is 0.137. The molecule has 0 bridgehead atoms. The van der Waals surface area contributed by atoms with Gasteiger partial charge in [0.2, 0.25) is 0 Å². The molecule has 3 rings (SSSR count). The minimum Gasteiger partial charge on any atom is -0.493 e. The Morgan fingerprint density at radius 3 is 2.39 bits per heavy atom. The highest BCUT2D eigenvalue weighted by molar-refractivity contribution is 6.00. The lowest BCUT2D eigenvalue weighted by Crippen LogP contribution is -3.10. The molecule has 0 amide bonds. The number of ether oxygens (including phenoxy) is 2. The van der Waals surface area contributed by atoms with Crippen molar-refractivity contribution in [3.8, 4) is 29.7 Å². The second kappa shape index (κ2) is 7.35. The Balaban J connectivity index is 2.26. The van der Waals surface area contributed by atoms with Gasteiger partial charge in [0.1, 0.15) is 5.92 Å². The first-order valence-corrected chi connectivity index (χ1v) is 9.01. The van der Waals surface area contributed by atoms with Gasteiger partial charge in [0.05, 0.1) is 58.3 Å². The highest BCUT2D eigenvalue weighted by Gasteiger charge is 2.58. The van der Waals surface area contributed by atoms with E-state index in [1.54, 1.807) is 19.2 Å². The summed E-state index contributed by atoms with van der Waals surface area (Å²) in [5.41, 5.74) is -0.270. The summed E-state index contributed by atoms with van der Waals surface area (Å²) in [4.78, 5) is 1.23. The van der Waals surface area contributed by atoms with E-state index in [9.17, 15) is 15.8 Å². The summed E-state index contributed by atoms with van der Waals surface area (Å²) in [6, 6.07) is 11.7. The first kappa shape index (κ1) is 19.4. The summed E-state index contributed by atoms with van der Waals surface area (Å²) in [5, 5.41) is 38.4. The highest BCUT2D eigenvalue weighted by atomic mass is 16.5. The molecular weight excluding hydrogens is 354 g/mol. The highest BCUT2D eigenvalue weighted by Crippen LogP contribution is 2.53. The van der Waals surface area contributed by atoms with E-state index in [-0.39, 0.29) is 11.6 Å². The topological polar surface area (TPSA) is 118 Å². The summed E-state index contributed by atoms with van der Waals surface area (Å²) >= 11 is 0. The van der Waals surface area contributed by atoms with Crippen LogP contribution in [0.25, 0.3) is 0 Å². The van der Waals surface area contributed by atoms with Crippen molar-refractivity contribution in [2.24, 2.45) is 17.3 Å². The molecule has 1 saturated carbocycles. The Bertz CT molecular complexity index is 948. The summed E-state index contributed by atoms with van der Waals surface area (Å²) < 4.78 is 10.7. The summed E-state index contributed by atoms with van der Waals surface area (Å²) in [7, 11) is 5.11. The standard InChI is InChI=1S/C21H21N5O2/c1-26-7-6-14-15(9-22)20(25)21(11-23,12-24)19(16(14)10-26)13-4-5-17(27-2)18(8-13)28-3/h4-6,8,15-16,19,25H,7,10H2,1-3H3/p+1/t15?,16-,19+/m1/s1. The zero-order valence-corrected chi connectivity index (χ0v) is 16.1. The summed E-state index contributed by atoms with van der Waals surface area (Å²) in [6.45, 7) is 1.43. The lowest BCUT2D eigenvalue weighted by Gasteiger charge is -2.46. The van der Waals surface area contributed by atoms with Gasteiger partial charge < -0.3 is 19.8 Å². The van der Waals surface area contributed by atoms with E-state index >= 15 is 0 Å². The van der Waals surface area contributed by atoms with Gasteiger partial charge in [0.15, 0.2) is 16.9 Å². The van der Waals surface area contributed by atoms with E-state index in [1.807, 2.05) is 19.2 Å². The maximum absolute atomic E-state index is 10.0. The zero-order chi connectivity index (χ0) is 20.5. The van der Waals surface area contributed by atoms with Crippen molar-refractivity contribution in [2.75, 3.05) is 34.4 Å². The number of fused-ring (bicyclic) bond motifs is 1. The molecule has 2 N–H and O–H groups in total. The molecule has 1 aliphatic heterocycles. The monoisotopic (exact) mass is 376 g/mol. The van der Waals surface area contributed by atoms with Crippen molar-refractivity contribution < 1.29 is 14.4 Å². The van der Waals surface area contributed by atoms with Crippen LogP contribution in [0.1, 0.15) is 11.5 Å². The van der Waals surface area contributed by atoms with Crippen LogP contribution in [0, 0.1) is 56.7 Å². The Morgan fingerprint density at radius 2 is 1.82 bits per heavy atom. The number of likely N-dealkylation sites (N-methyl/N-ethyl adjacent to an activating group) is 1. The van der Waals surface area contributed by atoms with Crippen LogP contribution in [-0.4, -0.2) is 40.1 Å². The lowest BCUT2D eigenvalue weighted by molar-refractivity contribution is -0.878. The van der Waals surface area contributed by atoms with Gasteiger partial charge in [-0.2, -0.15) is 15.8 Å². The van der Waals surface area contributed by atoms with Crippen LogP contribution in [0.5, 0.6) is 11.5 Å². The number of nitriles is 3. The smallest absolute Gasteiger partial charge is 0.189 e. The third-order valence-electron chi connectivity index (χ3n) is 5.85. The fourth-order valence-electron chi connectivity index (χ4n) is 4.48. The molecule has 0 saturated heterocycles. The van der Waals surface area contributed by atoms with E-state index in [4.69, 9.17) is 14.9 Å². The molecule has 1 fully saturated rings. The molecule has 7 nitrogen and oxygen atoms in total. The van der Waals surface area contributed by atoms with Crippen molar-refractivity contribution in [2.45, 2.75) is 5.92 Å². The average molecular weight is 376 g/mol. The first-order valence-electron chi connectivity index (χ1n) is 9.01. The Morgan fingerprint density at radius 1 is 1.14 bits per heavy atom. The van der Waals surface area contributed by atoms with Gasteiger partial charge in [-0.25, -0.2) is 0 Å². The van der Waals surface area contributed by atoms with Crippen LogP contribution in [0.15, 0.2) is 29.8 Å². The molecule has 1 heterocycles. The van der Waals surface area contributed by atoms with E-state index in [2.05, 4.69) is 18.2 Å². The predicted molar refractivity (Wildman–Crippen MR) is 101 cm³/mol. The fraction of sp³-hybridized carbons (Fsp3) is 0.429. The molecule has 7 heteroatoms. The number of quaternary nitrogens is 1. The van der Waals surface area contributed by atoms with Crippen LogP contribution in [-0.2, 0) is 0 Å². The maximum Gasteiger partial charge on any atom is 0.189 e. The van der Waals surface area contributed by atoms with Crippen molar-refractivity contribution in [3.05, 3.63) is 35.4 Å². The molecule has 0 aromatic heterocycles. The second-order valence-electron chi connectivity index (χ2n) is 7.28. The van der Waals surface area contributed by atoms with Crippen molar-refractivity contribution in [3.63, 3.8) is 0 Å². The van der Waals surface area contributed by atoms with Gasteiger partial charge in [-0.15, -0.1) is 0 Å². The molecule has 1 aromatic carbocycles. The van der Waals surface area contributed by atoms with E-state index in [0.717, 1.165) is 17.7 Å². The van der Waals surface area contributed by atoms with Gasteiger partial charge in [-0.3, -0.25) is 0 Å². The molecule has 1 aliphatic carbocycles. The SMILES string of the molecule is COc1ccc([C@H]2[C@@H]3C[NH+](C)CC=C3C(C#N)C(=N)C2(C#N)C#N)cc1OC. The van der Waals surface area contributed by atoms with Crippen molar-refractivity contribution in [1.29, 1.82) is 21.2 Å². The number of rotatable bonds is 3. The Kier molecular flexibility index (Phi) is 5.10. The maximum atomic E-state index is 10.0. The fourth-order valence-corrected chi connectivity index (χ4v) is 4.48. The molecule has 142 valence electrons. The largest absolute Gasteiger partial charge is 0.493 e. The molecule has 2 unspecified atom stereocenters. The molecule has 28 heavy (non-hydrogen) atoms. The van der Waals surface area contributed by atoms with Crippen LogP contribution < -0.4 is 14.4 Å². The zero-order valence-electron chi connectivity index (χ0n) is 16.1. The summed E-state index contributed by atoms with van der Waals surface area (Å²) in [6.07, 6.45) is 2.00. The van der Waals surface area contributed by atoms with Gasteiger partial charge in [0, 0.05) is 11.8 Å². The lowest BCUT2D eigenvalue weighted by atomic mass is 9.54. The van der Waals surface area contributed by atoms with Crippen molar-refractivity contribution >= 4 is 5.71 Å². The molecular formula is C21H22N5O2+. The van der Waals surface area contributed by atoms with Gasteiger partial charge in [0.25, 0.3) is 0 Å². The number of nitrogens with one attached hydrogen (secondary N) is 2. The van der Waals surface area contributed by atoms with Crippen molar-refractivity contribution in [1.82, 2.24) is 0 Å². The third kappa shape index (κ3) is 2.71. The predicted octanol–water partition coefficient (Wildman–Crippen LogP) is 1.07. The molecule has 0 radical (unpaired) electrons. The van der Waals surface area contributed by atoms with Crippen LogP contribution in [0.3, 0.4) is 0 Å². The van der Waals surface area contributed by atoms with Crippen LogP contribution in [0.4, 0.5) is 0 Å². The Hall–Kier alpha value is -3.34. The summed E-state index contributed by atoms with van der Waals surface area (Å²) in [5.74, 6) is -0.547. The average Bonchev–Trinajstić information content (AvgIpc) is 2.72. The van der Waals surface area contributed by atoms with Gasteiger partial charge >= 0.3 is 0 Å². The Labute approximate surface area is 164 Å². The number of benzene rings is 1. The molecule has 0 spiro atoms. The van der Waals surface area contributed by atoms with Gasteiger partial charge in [-0.1, -0.05) is 6.07 Å². The minimum atomic E-state index is -1.71. The number of methoxy groups -OCH3 is 2. The number of nitrogens with zero attached hydrogens (tertiary/aromatic N) is 3. The first-order chi connectivity index (χ1) is 13.5. The molecule has 1 aromatic rings. The number of hydrogen-bond donors (Lipinski definition) is 2. The number of hydrogen-bond acceptors (Lipinski definition) is 6. The van der Waals surface area contributed by atoms with E-state index < -0.39 is 17.3 Å². The quantitative estimate of drug-likeness (QED) is 0.765. The molecule has 4 atom stereocenters. The van der Waals surface area contributed by atoms with Crippen LogP contribution >= 0.6 is 0 Å². The normalized spacial score (nSPS) is 28.0. The van der Waals surface area contributed by atoms with Crippen LogP contribution in [0.2, 0.25) is 0 Å². The van der Waals surface area contributed by atoms with E-state index in [0.29, 0.717) is 18.0 Å².